The molecule has 1 unspecified atom stereocenters. The van der Waals surface area contributed by atoms with Crippen LogP contribution in [0.5, 0.6) is 0 Å². The van der Waals surface area contributed by atoms with Crippen molar-refractivity contribution in [3.63, 3.8) is 0 Å². The van der Waals surface area contributed by atoms with E-state index in [2.05, 4.69) is 6.92 Å². The van der Waals surface area contributed by atoms with Crippen LogP contribution in [0.15, 0.2) is 0 Å². The summed E-state index contributed by atoms with van der Waals surface area (Å²) < 4.78 is 5.24. The monoisotopic (exact) mass is 197 g/mol. The number of hydrogen-bond acceptors (Lipinski definition) is 2. The molecule has 1 aliphatic carbocycles. The molecule has 0 amide bonds. The predicted octanol–water partition coefficient (Wildman–Crippen LogP) is 2.97. The van der Waals surface area contributed by atoms with Gasteiger partial charge in [-0.1, -0.05) is 26.2 Å². The second kappa shape index (κ2) is 4.81. The van der Waals surface area contributed by atoms with E-state index in [1.54, 1.807) is 0 Å². The topological polar surface area (TPSA) is 26.3 Å². The Morgan fingerprint density at radius 1 is 1.43 bits per heavy atom. The molecule has 0 heterocycles. The molecule has 0 spiro atoms. The van der Waals surface area contributed by atoms with Crippen LogP contribution in [0.25, 0.3) is 0 Å². The van der Waals surface area contributed by atoms with Gasteiger partial charge in [-0.2, -0.15) is 0 Å². The van der Waals surface area contributed by atoms with E-state index in [4.69, 9.17) is 4.74 Å². The second-order valence-corrected chi connectivity index (χ2v) is 4.82. The van der Waals surface area contributed by atoms with Crippen LogP contribution < -0.4 is 0 Å². The maximum atomic E-state index is 11.8. The molecule has 0 aromatic carbocycles. The molecule has 1 aliphatic rings. The van der Waals surface area contributed by atoms with Gasteiger partial charge in [0.15, 0.2) is 0 Å². The Morgan fingerprint density at radius 3 is 2.50 bits per heavy atom. The minimum atomic E-state index is -0.215. The van der Waals surface area contributed by atoms with Crippen molar-refractivity contribution in [1.82, 2.24) is 0 Å². The molecule has 2 nitrogen and oxygen atoms in total. The normalized spacial score (nSPS) is 20.9. The smallest absolute Gasteiger partial charge is 0.311 e. The van der Waals surface area contributed by atoms with E-state index in [9.17, 15) is 4.79 Å². The summed E-state index contributed by atoms with van der Waals surface area (Å²) in [5.41, 5.74) is -0.215. The van der Waals surface area contributed by atoms with Crippen LogP contribution in [0.2, 0.25) is 0 Å². The summed E-state index contributed by atoms with van der Waals surface area (Å²) in [4.78, 5) is 11.8. The fourth-order valence-corrected chi connectivity index (χ4v) is 1.93. The Hall–Kier alpha value is -0.530. The molecule has 1 rings (SSSR count). The van der Waals surface area contributed by atoms with Gasteiger partial charge in [-0.05, 0) is 32.6 Å². The fourth-order valence-electron chi connectivity index (χ4n) is 1.93. The maximum absolute atomic E-state index is 11.8. The van der Waals surface area contributed by atoms with Crippen LogP contribution in [0, 0.1) is 18.3 Å². The van der Waals surface area contributed by atoms with E-state index in [-0.39, 0.29) is 17.3 Å². The molecule has 0 saturated heterocycles. The van der Waals surface area contributed by atoms with Gasteiger partial charge in [0.05, 0.1) is 12.0 Å². The molecule has 0 aromatic heterocycles. The highest BCUT2D eigenvalue weighted by atomic mass is 16.5. The van der Waals surface area contributed by atoms with Crippen LogP contribution in [0.1, 0.15) is 46.0 Å². The van der Waals surface area contributed by atoms with E-state index in [1.165, 1.54) is 6.42 Å². The first-order valence-electron chi connectivity index (χ1n) is 5.55. The van der Waals surface area contributed by atoms with Crippen molar-refractivity contribution in [3.8, 4) is 0 Å². The van der Waals surface area contributed by atoms with Gasteiger partial charge in [0.2, 0.25) is 0 Å². The lowest BCUT2D eigenvalue weighted by Crippen LogP contribution is -2.32. The third-order valence-electron chi connectivity index (χ3n) is 2.95. The number of hydrogen-bond donors (Lipinski definition) is 0. The van der Waals surface area contributed by atoms with Gasteiger partial charge in [0.25, 0.3) is 0 Å². The fraction of sp³-hybridized carbons (Fsp3) is 0.833. The van der Waals surface area contributed by atoms with Crippen LogP contribution in [-0.2, 0) is 9.53 Å². The average Bonchev–Trinajstić information content (AvgIpc) is 2.15. The van der Waals surface area contributed by atoms with Gasteiger partial charge in [-0.3, -0.25) is 4.79 Å². The molecule has 0 bridgehead atoms. The number of esters is 1. The van der Waals surface area contributed by atoms with Gasteiger partial charge >= 0.3 is 5.97 Å². The zero-order chi connectivity index (χ0) is 10.6. The minimum absolute atomic E-state index is 0.0206. The number of carbonyl (C=O) groups excluding carboxylic acids is 1. The molecule has 0 N–H and O–H groups in total. The lowest BCUT2D eigenvalue weighted by molar-refractivity contribution is -0.157. The van der Waals surface area contributed by atoms with E-state index in [0.717, 1.165) is 25.7 Å². The predicted molar refractivity (Wildman–Crippen MR) is 56.7 cm³/mol. The van der Waals surface area contributed by atoms with Crippen molar-refractivity contribution in [3.05, 3.63) is 6.92 Å². The van der Waals surface area contributed by atoms with Crippen LogP contribution in [0.3, 0.4) is 0 Å². The second-order valence-electron chi connectivity index (χ2n) is 4.82. The molecule has 0 aromatic rings. The molecule has 14 heavy (non-hydrogen) atoms. The van der Waals surface area contributed by atoms with E-state index < -0.39 is 0 Å². The summed E-state index contributed by atoms with van der Waals surface area (Å²) >= 11 is 0. The lowest BCUT2D eigenvalue weighted by atomic mass is 9.76. The van der Waals surface area contributed by atoms with Crippen LogP contribution in [0.4, 0.5) is 0 Å². The largest absolute Gasteiger partial charge is 0.465 e. The molecule has 0 aliphatic heterocycles. The van der Waals surface area contributed by atoms with Gasteiger partial charge in [-0.25, -0.2) is 0 Å². The van der Waals surface area contributed by atoms with Crippen LogP contribution >= 0.6 is 0 Å². The molecule has 2 heteroatoms. The van der Waals surface area contributed by atoms with Crippen LogP contribution in [-0.4, -0.2) is 12.6 Å². The lowest BCUT2D eigenvalue weighted by Gasteiger charge is -2.31. The average molecular weight is 197 g/mol. The summed E-state index contributed by atoms with van der Waals surface area (Å²) in [5.74, 6) is 0.166. The molecule has 81 valence electrons. The summed E-state index contributed by atoms with van der Waals surface area (Å²) in [7, 11) is 0. The van der Waals surface area contributed by atoms with E-state index in [1.807, 2.05) is 13.8 Å². The van der Waals surface area contributed by atoms with Crippen molar-refractivity contribution < 1.29 is 9.53 Å². The Labute approximate surface area is 87.0 Å². The molecular formula is C12H21O2. The summed E-state index contributed by atoms with van der Waals surface area (Å²) in [6, 6.07) is 0. The number of ether oxygens (including phenoxy) is 1. The van der Waals surface area contributed by atoms with E-state index >= 15 is 0 Å². The quantitative estimate of drug-likeness (QED) is 0.650. The Bertz CT molecular complexity index is 190. The zero-order valence-electron chi connectivity index (χ0n) is 9.34. The SMILES string of the molecule is [CH2]C(C)COC(=O)C1(C)CCCCC1. The molecule has 1 fully saturated rings. The third kappa shape index (κ3) is 3.00. The van der Waals surface area contributed by atoms with Gasteiger partial charge in [-0.15, -0.1) is 0 Å². The first-order chi connectivity index (χ1) is 6.54. The third-order valence-corrected chi connectivity index (χ3v) is 2.95. The molecule has 1 atom stereocenters. The Kier molecular flexibility index (Phi) is 3.97. The van der Waals surface area contributed by atoms with Gasteiger partial charge in [0, 0.05) is 0 Å². The Morgan fingerprint density at radius 2 is 2.00 bits per heavy atom. The number of carbonyl (C=O) groups is 1. The Balaban J connectivity index is 2.41. The van der Waals surface area contributed by atoms with Crippen molar-refractivity contribution in [2.45, 2.75) is 46.0 Å². The van der Waals surface area contributed by atoms with Gasteiger partial charge < -0.3 is 4.74 Å². The molecule has 1 radical (unpaired) electrons. The van der Waals surface area contributed by atoms with Crippen molar-refractivity contribution in [2.24, 2.45) is 11.3 Å². The van der Waals surface area contributed by atoms with Crippen molar-refractivity contribution >= 4 is 5.97 Å². The van der Waals surface area contributed by atoms with Gasteiger partial charge in [0.1, 0.15) is 0 Å². The first kappa shape index (κ1) is 11.5. The summed E-state index contributed by atoms with van der Waals surface area (Å²) in [6.45, 7) is 8.24. The minimum Gasteiger partial charge on any atom is -0.465 e. The first-order valence-corrected chi connectivity index (χ1v) is 5.55. The van der Waals surface area contributed by atoms with Crippen molar-refractivity contribution in [1.29, 1.82) is 0 Å². The van der Waals surface area contributed by atoms with E-state index in [0.29, 0.717) is 6.61 Å². The highest BCUT2D eigenvalue weighted by molar-refractivity contribution is 5.76. The molecular weight excluding hydrogens is 176 g/mol. The van der Waals surface area contributed by atoms with Crippen molar-refractivity contribution in [2.75, 3.05) is 6.61 Å². The highest BCUT2D eigenvalue weighted by Crippen LogP contribution is 2.36. The summed E-state index contributed by atoms with van der Waals surface area (Å²) in [5, 5.41) is 0. The molecule has 1 saturated carbocycles. The zero-order valence-corrected chi connectivity index (χ0v) is 9.34. The standard InChI is InChI=1S/C12H21O2/c1-10(2)9-14-11(13)12(3)7-5-4-6-8-12/h10H,1,4-9H2,2-3H3. The maximum Gasteiger partial charge on any atom is 0.311 e. The number of rotatable bonds is 3. The highest BCUT2D eigenvalue weighted by Gasteiger charge is 2.35. The summed E-state index contributed by atoms with van der Waals surface area (Å²) in [6.07, 6.45) is 5.54.